The number of nitrogens with two attached hydrogens (primary N) is 1. The third-order valence-corrected chi connectivity index (χ3v) is 5.91. The second kappa shape index (κ2) is 8.74. The molecule has 2 aliphatic rings. The summed E-state index contributed by atoms with van der Waals surface area (Å²) < 4.78 is 1.70. The minimum atomic E-state index is 0.0975. The van der Waals surface area contributed by atoms with E-state index in [1.54, 1.807) is 10.8 Å². The summed E-state index contributed by atoms with van der Waals surface area (Å²) in [5.41, 5.74) is 6.84. The molecule has 0 atom stereocenters. The number of fused-ring (bicyclic) bond motifs is 3. The van der Waals surface area contributed by atoms with Crippen LogP contribution in [0.5, 0.6) is 0 Å². The van der Waals surface area contributed by atoms with Gasteiger partial charge in [0.25, 0.3) is 0 Å². The summed E-state index contributed by atoms with van der Waals surface area (Å²) in [5.74, 6) is 7.17. The van der Waals surface area contributed by atoms with Crippen molar-refractivity contribution in [2.75, 3.05) is 10.7 Å². The van der Waals surface area contributed by atoms with Gasteiger partial charge in [0.15, 0.2) is 0 Å². The maximum absolute atomic E-state index is 6.33. The lowest BCUT2D eigenvalue weighted by atomic mass is 9.64. The monoisotopic (exact) mass is 403 g/mol. The Morgan fingerprint density at radius 1 is 1.23 bits per heavy atom. The molecule has 0 amide bonds. The Labute approximate surface area is 179 Å². The van der Waals surface area contributed by atoms with E-state index in [2.05, 4.69) is 48.2 Å². The molecule has 0 radical (unpaired) electrons. The molecule has 0 unspecified atom stereocenters. The summed E-state index contributed by atoms with van der Waals surface area (Å²) in [6.45, 7) is 16.4. The van der Waals surface area contributed by atoms with E-state index < -0.39 is 0 Å². The number of hydrogen-bond donors (Lipinski definition) is 1. The topological polar surface area (TPSA) is 60.0 Å². The number of nitrogens with zero attached hydrogens (tertiary/aromatic N) is 4. The SMILES string of the molecule is C=C1N(Cc2nc3cc(C)ccc3n2N)c2cnccc2C12CCC2.C=CC.CC. The Kier molecular flexibility index (Phi) is 6.30. The minimum absolute atomic E-state index is 0.0975. The van der Waals surface area contributed by atoms with Crippen LogP contribution in [0.25, 0.3) is 11.0 Å². The molecule has 1 aliphatic heterocycles. The van der Waals surface area contributed by atoms with Gasteiger partial charge in [-0.25, -0.2) is 9.66 Å². The van der Waals surface area contributed by atoms with Gasteiger partial charge in [0.1, 0.15) is 5.82 Å². The average Bonchev–Trinajstić information content (AvgIpc) is 3.16. The lowest BCUT2D eigenvalue weighted by molar-refractivity contribution is 0.301. The van der Waals surface area contributed by atoms with E-state index in [1.807, 2.05) is 39.2 Å². The first-order valence-electron chi connectivity index (χ1n) is 10.7. The Balaban J connectivity index is 0.000000473. The fourth-order valence-electron chi connectivity index (χ4n) is 4.35. The van der Waals surface area contributed by atoms with Crippen LogP contribution in [0.1, 0.15) is 57.0 Å². The smallest absolute Gasteiger partial charge is 0.148 e. The van der Waals surface area contributed by atoms with Gasteiger partial charge in [0.05, 0.1) is 29.5 Å². The Morgan fingerprint density at radius 2 is 1.93 bits per heavy atom. The summed E-state index contributed by atoms with van der Waals surface area (Å²) >= 11 is 0. The summed E-state index contributed by atoms with van der Waals surface area (Å²) in [6.07, 6.45) is 9.16. The van der Waals surface area contributed by atoms with E-state index in [-0.39, 0.29) is 5.41 Å². The second-order valence-corrected chi connectivity index (χ2v) is 7.66. The fourth-order valence-corrected chi connectivity index (χ4v) is 4.35. The van der Waals surface area contributed by atoms with Gasteiger partial charge in [0, 0.05) is 17.3 Å². The predicted molar refractivity (Wildman–Crippen MR) is 127 cm³/mol. The van der Waals surface area contributed by atoms with Gasteiger partial charge in [-0.1, -0.05) is 39.0 Å². The second-order valence-electron chi connectivity index (χ2n) is 7.66. The Bertz CT molecular complexity index is 1060. The molecule has 3 heterocycles. The third-order valence-electron chi connectivity index (χ3n) is 5.91. The molecular weight excluding hydrogens is 370 g/mol. The van der Waals surface area contributed by atoms with Crippen molar-refractivity contribution in [3.63, 3.8) is 0 Å². The van der Waals surface area contributed by atoms with Gasteiger partial charge in [0.2, 0.25) is 0 Å². The molecule has 2 aromatic heterocycles. The van der Waals surface area contributed by atoms with E-state index in [0.717, 1.165) is 41.1 Å². The zero-order chi connectivity index (χ0) is 21.9. The molecule has 5 heteroatoms. The van der Waals surface area contributed by atoms with E-state index in [0.29, 0.717) is 6.54 Å². The normalized spacial score (nSPS) is 15.6. The molecule has 1 aliphatic carbocycles. The maximum atomic E-state index is 6.33. The number of pyridine rings is 1. The molecule has 5 nitrogen and oxygen atoms in total. The van der Waals surface area contributed by atoms with Crippen LogP contribution < -0.4 is 10.7 Å². The number of hydrogen-bond acceptors (Lipinski definition) is 4. The Morgan fingerprint density at radius 3 is 2.57 bits per heavy atom. The molecule has 5 rings (SSSR count). The first kappa shape index (κ1) is 21.6. The highest BCUT2D eigenvalue weighted by Gasteiger charge is 2.50. The number of aromatic nitrogens is 3. The largest absolute Gasteiger partial charge is 0.337 e. The summed E-state index contributed by atoms with van der Waals surface area (Å²) in [4.78, 5) is 11.4. The minimum Gasteiger partial charge on any atom is -0.337 e. The highest BCUT2D eigenvalue weighted by molar-refractivity contribution is 5.77. The van der Waals surface area contributed by atoms with Gasteiger partial charge >= 0.3 is 0 Å². The van der Waals surface area contributed by atoms with Gasteiger partial charge < -0.3 is 10.7 Å². The van der Waals surface area contributed by atoms with Crippen LogP contribution in [0, 0.1) is 6.92 Å². The van der Waals surface area contributed by atoms with Crippen molar-refractivity contribution in [3.05, 3.63) is 78.5 Å². The van der Waals surface area contributed by atoms with Crippen molar-refractivity contribution >= 4 is 16.7 Å². The molecule has 1 fully saturated rings. The zero-order valence-corrected chi connectivity index (χ0v) is 18.7. The lowest BCUT2D eigenvalue weighted by Crippen LogP contribution is -2.37. The van der Waals surface area contributed by atoms with Gasteiger partial charge in [-0.2, -0.15) is 0 Å². The van der Waals surface area contributed by atoms with E-state index in [9.17, 15) is 0 Å². The van der Waals surface area contributed by atoms with Crippen LogP contribution in [0.15, 0.2) is 61.6 Å². The standard InChI is InChI=1S/C20H21N5.C3H6.C2H6/c1-13-4-5-17-16(10-13)23-19(25(17)21)12-24-14(2)20(7-3-8-20)15-6-9-22-11-18(15)24;1-3-2;1-2/h4-6,9-11H,2-3,7-8,12,21H2,1H3;3H,1H2,2H3;1-2H3. The summed E-state index contributed by atoms with van der Waals surface area (Å²) in [6, 6.07) is 8.32. The zero-order valence-electron chi connectivity index (χ0n) is 18.7. The molecule has 1 saturated carbocycles. The summed E-state index contributed by atoms with van der Waals surface area (Å²) in [5, 5.41) is 0. The first-order valence-corrected chi connectivity index (χ1v) is 10.7. The molecule has 1 aromatic carbocycles. The number of aryl methyl sites for hydroxylation is 1. The lowest BCUT2D eigenvalue weighted by Gasteiger charge is -2.40. The van der Waals surface area contributed by atoms with Gasteiger partial charge in [-0.05, 0) is 56.0 Å². The number of benzene rings is 1. The third kappa shape index (κ3) is 3.38. The van der Waals surface area contributed by atoms with Crippen molar-refractivity contribution in [1.29, 1.82) is 0 Å². The highest BCUT2D eigenvalue weighted by Crippen LogP contribution is 2.57. The van der Waals surface area contributed by atoms with Crippen LogP contribution in [0.3, 0.4) is 0 Å². The quantitative estimate of drug-likeness (QED) is 0.445. The molecule has 0 bridgehead atoms. The van der Waals surface area contributed by atoms with Gasteiger partial charge in [-0.3, -0.25) is 4.98 Å². The van der Waals surface area contributed by atoms with Crippen molar-refractivity contribution in [2.24, 2.45) is 0 Å². The van der Waals surface area contributed by atoms with Crippen molar-refractivity contribution in [3.8, 4) is 0 Å². The highest BCUT2D eigenvalue weighted by atomic mass is 15.3. The summed E-state index contributed by atoms with van der Waals surface area (Å²) in [7, 11) is 0. The molecular formula is C25H33N5. The number of nitrogen functional groups attached to an aromatic ring is 1. The maximum Gasteiger partial charge on any atom is 0.148 e. The fraction of sp³-hybridized carbons (Fsp3) is 0.360. The Hall–Kier alpha value is -3.08. The van der Waals surface area contributed by atoms with Crippen LogP contribution in [0.2, 0.25) is 0 Å². The van der Waals surface area contributed by atoms with Crippen molar-refractivity contribution in [2.45, 2.75) is 58.9 Å². The number of imidazole rings is 1. The van der Waals surface area contributed by atoms with E-state index in [1.165, 1.54) is 17.5 Å². The molecule has 1 spiro atoms. The number of anilines is 1. The number of rotatable bonds is 2. The average molecular weight is 404 g/mol. The molecule has 2 N–H and O–H groups in total. The molecule has 30 heavy (non-hydrogen) atoms. The van der Waals surface area contributed by atoms with Crippen LogP contribution >= 0.6 is 0 Å². The molecule has 3 aromatic rings. The van der Waals surface area contributed by atoms with Crippen LogP contribution in [-0.2, 0) is 12.0 Å². The van der Waals surface area contributed by atoms with Crippen molar-refractivity contribution < 1.29 is 0 Å². The van der Waals surface area contributed by atoms with Crippen molar-refractivity contribution in [1.82, 2.24) is 14.6 Å². The van der Waals surface area contributed by atoms with E-state index in [4.69, 9.17) is 10.8 Å². The number of allylic oxidation sites excluding steroid dienone is 2. The predicted octanol–water partition coefficient (Wildman–Crippen LogP) is 5.63. The molecule has 0 saturated heterocycles. The van der Waals surface area contributed by atoms with Crippen LogP contribution in [-0.4, -0.2) is 14.6 Å². The van der Waals surface area contributed by atoms with Gasteiger partial charge in [-0.15, -0.1) is 6.58 Å². The molecule has 158 valence electrons. The van der Waals surface area contributed by atoms with Crippen LogP contribution in [0.4, 0.5) is 5.69 Å². The first-order chi connectivity index (χ1) is 14.5. The van der Waals surface area contributed by atoms with E-state index >= 15 is 0 Å².